The number of benzene rings is 3. The van der Waals surface area contributed by atoms with E-state index in [1.807, 2.05) is 80.5 Å². The van der Waals surface area contributed by atoms with E-state index < -0.39 is 0 Å². The van der Waals surface area contributed by atoms with Crippen LogP contribution in [0.4, 0.5) is 17.1 Å². The van der Waals surface area contributed by atoms with Gasteiger partial charge >= 0.3 is 0 Å². The van der Waals surface area contributed by atoms with Crippen molar-refractivity contribution in [3.8, 4) is 11.4 Å². The molecule has 0 aliphatic carbocycles. The van der Waals surface area contributed by atoms with Crippen molar-refractivity contribution in [3.63, 3.8) is 0 Å². The Morgan fingerprint density at radius 1 is 0.871 bits per heavy atom. The molecule has 4 aromatic rings. The van der Waals surface area contributed by atoms with Gasteiger partial charge < -0.3 is 20.3 Å². The number of carbonyl (C=O) groups excluding carboxylic acids is 1. The van der Waals surface area contributed by atoms with Crippen LogP contribution in [-0.2, 0) is 0 Å². The van der Waals surface area contributed by atoms with Gasteiger partial charge in [-0.1, -0.05) is 0 Å². The van der Waals surface area contributed by atoms with Gasteiger partial charge in [-0.2, -0.15) is 4.73 Å². The van der Waals surface area contributed by atoms with Crippen molar-refractivity contribution >= 4 is 34.0 Å². The molecule has 0 saturated heterocycles. The average Bonchev–Trinajstić information content (AvgIpc) is 3.10. The maximum atomic E-state index is 12.5. The van der Waals surface area contributed by atoms with Crippen LogP contribution in [0.5, 0.6) is 0 Å². The number of hydrogen-bond acceptors (Lipinski definition) is 5. The molecule has 7 heteroatoms. The van der Waals surface area contributed by atoms with Crippen LogP contribution in [0.25, 0.3) is 22.4 Å². The molecule has 0 atom stereocenters. The molecule has 4 rings (SSSR count). The number of anilines is 3. The number of carbonyl (C=O) groups is 1. The minimum absolute atomic E-state index is 0.177. The highest BCUT2D eigenvalue weighted by atomic mass is 16.5. The van der Waals surface area contributed by atoms with Gasteiger partial charge in [0.25, 0.3) is 5.91 Å². The smallest absolute Gasteiger partial charge is 0.255 e. The number of rotatable bonds is 5. The summed E-state index contributed by atoms with van der Waals surface area (Å²) in [5, 5.41) is 13.5. The molecular formula is C24H25N5O2. The average molecular weight is 415 g/mol. The summed E-state index contributed by atoms with van der Waals surface area (Å²) in [6, 6.07) is 20.4. The predicted octanol–water partition coefficient (Wildman–Crippen LogP) is 4.32. The SMILES string of the molecule is CN(C)c1ccc(C(=O)Nc2ccc(-c3nc4ccc(N(C)C)cc4n3O)cc2)cc1. The fraction of sp³-hybridized carbons (Fsp3) is 0.167. The second-order valence-electron chi connectivity index (χ2n) is 7.79. The summed E-state index contributed by atoms with van der Waals surface area (Å²) in [5.74, 6) is 0.270. The van der Waals surface area contributed by atoms with Gasteiger partial charge in [0.2, 0.25) is 0 Å². The number of nitrogens with one attached hydrogen (secondary N) is 1. The molecule has 3 aromatic carbocycles. The van der Waals surface area contributed by atoms with Crippen molar-refractivity contribution in [1.82, 2.24) is 9.71 Å². The quantitative estimate of drug-likeness (QED) is 0.475. The minimum atomic E-state index is -0.177. The second-order valence-corrected chi connectivity index (χ2v) is 7.79. The molecule has 2 N–H and O–H groups in total. The summed E-state index contributed by atoms with van der Waals surface area (Å²) in [6.07, 6.45) is 0. The molecule has 7 nitrogen and oxygen atoms in total. The van der Waals surface area contributed by atoms with E-state index in [1.54, 1.807) is 24.3 Å². The summed E-state index contributed by atoms with van der Waals surface area (Å²) in [7, 11) is 7.81. The zero-order valence-corrected chi connectivity index (χ0v) is 18.0. The molecule has 1 amide bonds. The van der Waals surface area contributed by atoms with Crippen LogP contribution < -0.4 is 15.1 Å². The summed E-state index contributed by atoms with van der Waals surface area (Å²) in [4.78, 5) is 21.0. The van der Waals surface area contributed by atoms with E-state index >= 15 is 0 Å². The standard InChI is InChI=1S/C24H25N5O2/c1-27(2)19-11-7-17(8-12-19)24(30)25-18-9-5-16(6-10-18)23-26-21-14-13-20(28(3)4)15-22(21)29(23)31/h5-15,31H,1-4H3,(H,25,30). The number of nitrogens with zero attached hydrogens (tertiary/aromatic N) is 4. The Hall–Kier alpha value is -4.00. The number of hydrogen-bond donors (Lipinski definition) is 2. The molecule has 0 unspecified atom stereocenters. The molecule has 1 aromatic heterocycles. The van der Waals surface area contributed by atoms with E-state index in [4.69, 9.17) is 0 Å². The normalized spacial score (nSPS) is 10.8. The topological polar surface area (TPSA) is 73.6 Å². The van der Waals surface area contributed by atoms with Crippen LogP contribution in [0.1, 0.15) is 10.4 Å². The Balaban J connectivity index is 1.54. The van der Waals surface area contributed by atoms with Gasteiger partial charge in [-0.15, -0.1) is 0 Å². The third-order valence-electron chi connectivity index (χ3n) is 5.18. The summed E-state index contributed by atoms with van der Waals surface area (Å²) < 4.78 is 1.10. The van der Waals surface area contributed by atoms with E-state index in [1.165, 1.54) is 0 Å². The molecule has 1 heterocycles. The number of aromatic nitrogens is 2. The van der Waals surface area contributed by atoms with E-state index in [2.05, 4.69) is 10.3 Å². The van der Waals surface area contributed by atoms with Gasteiger partial charge in [-0.05, 0) is 66.7 Å². The van der Waals surface area contributed by atoms with Crippen LogP contribution in [0.15, 0.2) is 66.7 Å². The van der Waals surface area contributed by atoms with Crippen LogP contribution >= 0.6 is 0 Å². The summed E-state index contributed by atoms with van der Waals surface area (Å²) in [5.41, 5.74) is 5.36. The molecule has 0 saturated carbocycles. The lowest BCUT2D eigenvalue weighted by Crippen LogP contribution is -2.13. The molecule has 0 bridgehead atoms. The Bertz CT molecular complexity index is 1230. The van der Waals surface area contributed by atoms with Gasteiger partial charge in [-0.25, -0.2) is 4.98 Å². The highest BCUT2D eigenvalue weighted by molar-refractivity contribution is 6.04. The largest absolute Gasteiger partial charge is 0.426 e. The van der Waals surface area contributed by atoms with Gasteiger partial charge in [-0.3, -0.25) is 4.79 Å². The van der Waals surface area contributed by atoms with E-state index in [9.17, 15) is 10.0 Å². The zero-order chi connectivity index (χ0) is 22.1. The van der Waals surface area contributed by atoms with E-state index in [-0.39, 0.29) is 5.91 Å². The Morgan fingerprint density at radius 3 is 2.10 bits per heavy atom. The first kappa shape index (κ1) is 20.3. The molecule has 0 radical (unpaired) electrons. The first-order valence-electron chi connectivity index (χ1n) is 9.92. The number of imidazole rings is 1. The van der Waals surface area contributed by atoms with Crippen LogP contribution in [0, 0.1) is 0 Å². The summed E-state index contributed by atoms with van der Waals surface area (Å²) in [6.45, 7) is 0. The van der Waals surface area contributed by atoms with Crippen molar-refractivity contribution < 1.29 is 10.0 Å². The van der Waals surface area contributed by atoms with Gasteiger partial charge in [0, 0.05) is 56.4 Å². The van der Waals surface area contributed by atoms with Crippen LogP contribution in [-0.4, -0.2) is 49.0 Å². The van der Waals surface area contributed by atoms with Crippen molar-refractivity contribution in [2.24, 2.45) is 0 Å². The van der Waals surface area contributed by atoms with Crippen molar-refractivity contribution in [2.75, 3.05) is 43.3 Å². The van der Waals surface area contributed by atoms with Crippen LogP contribution in [0.2, 0.25) is 0 Å². The number of amides is 1. The Kier molecular flexibility index (Phi) is 5.25. The lowest BCUT2D eigenvalue weighted by molar-refractivity contribution is 0.102. The van der Waals surface area contributed by atoms with Gasteiger partial charge in [0.15, 0.2) is 5.82 Å². The van der Waals surface area contributed by atoms with Crippen molar-refractivity contribution in [2.45, 2.75) is 0 Å². The fourth-order valence-corrected chi connectivity index (χ4v) is 3.33. The molecule has 0 aliphatic heterocycles. The molecule has 0 aliphatic rings. The first-order chi connectivity index (χ1) is 14.8. The zero-order valence-electron chi connectivity index (χ0n) is 18.0. The van der Waals surface area contributed by atoms with Crippen molar-refractivity contribution in [3.05, 3.63) is 72.3 Å². The monoisotopic (exact) mass is 415 g/mol. The predicted molar refractivity (Wildman–Crippen MR) is 125 cm³/mol. The second kappa shape index (κ2) is 8.02. The molecular weight excluding hydrogens is 390 g/mol. The van der Waals surface area contributed by atoms with Crippen molar-refractivity contribution in [1.29, 1.82) is 0 Å². The maximum absolute atomic E-state index is 12.5. The third kappa shape index (κ3) is 4.02. The van der Waals surface area contributed by atoms with E-state index in [0.717, 1.165) is 21.7 Å². The fourth-order valence-electron chi connectivity index (χ4n) is 3.33. The molecule has 158 valence electrons. The Morgan fingerprint density at radius 2 is 1.48 bits per heavy atom. The first-order valence-corrected chi connectivity index (χ1v) is 9.92. The molecule has 31 heavy (non-hydrogen) atoms. The lowest BCUT2D eigenvalue weighted by Gasteiger charge is -2.12. The van der Waals surface area contributed by atoms with Gasteiger partial charge in [0.05, 0.1) is 5.52 Å². The lowest BCUT2D eigenvalue weighted by atomic mass is 10.1. The van der Waals surface area contributed by atoms with E-state index in [0.29, 0.717) is 28.1 Å². The molecule has 0 spiro atoms. The molecule has 0 fully saturated rings. The minimum Gasteiger partial charge on any atom is -0.426 e. The third-order valence-corrected chi connectivity index (χ3v) is 5.18. The highest BCUT2D eigenvalue weighted by Crippen LogP contribution is 2.27. The maximum Gasteiger partial charge on any atom is 0.255 e. The highest BCUT2D eigenvalue weighted by Gasteiger charge is 2.14. The van der Waals surface area contributed by atoms with Gasteiger partial charge in [0.1, 0.15) is 5.52 Å². The Labute approximate surface area is 181 Å². The summed E-state index contributed by atoms with van der Waals surface area (Å²) >= 11 is 0. The van der Waals surface area contributed by atoms with Crippen LogP contribution in [0.3, 0.4) is 0 Å². The number of fused-ring (bicyclic) bond motifs is 1.